The minimum atomic E-state index is -1.47. The van der Waals surface area contributed by atoms with E-state index in [4.69, 9.17) is 14.9 Å². The number of aliphatic hydroxyl groups excluding tert-OH is 1. The number of alkyl carbamates (subject to hydrolysis) is 1. The molecule has 10 heteroatoms. The van der Waals surface area contributed by atoms with Crippen molar-refractivity contribution in [2.24, 2.45) is 5.92 Å². The van der Waals surface area contributed by atoms with Crippen LogP contribution in [0.2, 0.25) is 0 Å². The number of aliphatic carboxylic acids is 1. The van der Waals surface area contributed by atoms with Crippen LogP contribution < -0.4 is 16.0 Å². The molecule has 10 nitrogen and oxygen atoms in total. The standard InChI is InChI=1S/C26H31N3O7/c1-3-15(2)23(24(32)27-12-22(31)28-21(13-30)25(33)34)29-26(35)36-14-20-18-10-6-4-8-16(18)17-9-5-7-11-19(17)20/h4-11,15,20-21,23,30H,3,12-14H2,1-2H3,(H,27,32)(H,28,31)(H,29,35)(H,33,34)/t15-,21-,23-/m0/s1. The topological polar surface area (TPSA) is 154 Å². The molecule has 0 spiro atoms. The highest BCUT2D eigenvalue weighted by molar-refractivity contribution is 5.91. The van der Waals surface area contributed by atoms with Gasteiger partial charge in [-0.1, -0.05) is 68.8 Å². The van der Waals surface area contributed by atoms with E-state index in [0.717, 1.165) is 22.3 Å². The predicted octanol–water partition coefficient (Wildman–Crippen LogP) is 1.62. The zero-order valence-electron chi connectivity index (χ0n) is 20.2. The molecule has 3 amide bonds. The lowest BCUT2D eigenvalue weighted by molar-refractivity contribution is -0.142. The number of nitrogens with one attached hydrogen (secondary N) is 3. The third-order valence-corrected chi connectivity index (χ3v) is 6.35. The summed E-state index contributed by atoms with van der Waals surface area (Å²) >= 11 is 0. The highest BCUT2D eigenvalue weighted by Crippen LogP contribution is 2.44. The maximum absolute atomic E-state index is 12.7. The summed E-state index contributed by atoms with van der Waals surface area (Å²) in [5, 5.41) is 25.0. The van der Waals surface area contributed by atoms with E-state index in [1.807, 2.05) is 55.5 Å². The van der Waals surface area contributed by atoms with E-state index >= 15 is 0 Å². The molecule has 3 rings (SSSR count). The van der Waals surface area contributed by atoms with Gasteiger partial charge in [-0.25, -0.2) is 9.59 Å². The van der Waals surface area contributed by atoms with Gasteiger partial charge < -0.3 is 30.9 Å². The van der Waals surface area contributed by atoms with Crippen molar-refractivity contribution in [2.75, 3.05) is 19.8 Å². The zero-order chi connectivity index (χ0) is 26.2. The number of benzene rings is 2. The van der Waals surface area contributed by atoms with Crippen molar-refractivity contribution in [1.29, 1.82) is 0 Å². The summed E-state index contributed by atoms with van der Waals surface area (Å²) in [5.74, 6) is -3.18. The molecule has 2 aromatic carbocycles. The van der Waals surface area contributed by atoms with Crippen molar-refractivity contribution >= 4 is 23.9 Å². The maximum Gasteiger partial charge on any atom is 0.407 e. The number of ether oxygens (including phenoxy) is 1. The third-order valence-electron chi connectivity index (χ3n) is 6.35. The van der Waals surface area contributed by atoms with Crippen LogP contribution in [0.1, 0.15) is 37.3 Å². The number of fused-ring (bicyclic) bond motifs is 3. The van der Waals surface area contributed by atoms with E-state index < -0.39 is 49.1 Å². The van der Waals surface area contributed by atoms with E-state index in [2.05, 4.69) is 16.0 Å². The van der Waals surface area contributed by atoms with E-state index in [1.54, 1.807) is 6.92 Å². The van der Waals surface area contributed by atoms with Gasteiger partial charge in [-0.2, -0.15) is 0 Å². The van der Waals surface area contributed by atoms with Crippen LogP contribution in [0.25, 0.3) is 11.1 Å². The number of hydrogen-bond acceptors (Lipinski definition) is 6. The minimum Gasteiger partial charge on any atom is -0.480 e. The largest absolute Gasteiger partial charge is 0.480 e. The quantitative estimate of drug-likeness (QED) is 0.316. The third kappa shape index (κ3) is 6.19. The van der Waals surface area contributed by atoms with Gasteiger partial charge in [0.15, 0.2) is 0 Å². The van der Waals surface area contributed by atoms with Crippen molar-refractivity contribution in [2.45, 2.75) is 38.3 Å². The van der Waals surface area contributed by atoms with E-state index in [1.165, 1.54) is 0 Å². The first kappa shape index (κ1) is 26.7. The fourth-order valence-corrected chi connectivity index (χ4v) is 4.18. The van der Waals surface area contributed by atoms with Crippen LogP contribution in [0.15, 0.2) is 48.5 Å². The SMILES string of the molecule is CC[C@H](C)[C@H](NC(=O)OCC1c2ccccc2-c2ccccc21)C(=O)NCC(=O)N[C@@H](CO)C(=O)O. The molecule has 0 fully saturated rings. The van der Waals surface area contributed by atoms with Gasteiger partial charge in [0.1, 0.15) is 18.7 Å². The second kappa shape index (κ2) is 12.2. The summed E-state index contributed by atoms with van der Waals surface area (Å²) < 4.78 is 5.53. The molecule has 0 radical (unpaired) electrons. The van der Waals surface area contributed by atoms with Gasteiger partial charge in [-0.3, -0.25) is 9.59 Å². The van der Waals surface area contributed by atoms with Crippen molar-refractivity contribution < 1.29 is 34.1 Å². The van der Waals surface area contributed by atoms with Gasteiger partial charge >= 0.3 is 12.1 Å². The van der Waals surface area contributed by atoms with Crippen LogP contribution in [0.3, 0.4) is 0 Å². The minimum absolute atomic E-state index is 0.0921. The number of amides is 3. The molecular formula is C26H31N3O7. The number of rotatable bonds is 11. The van der Waals surface area contributed by atoms with Gasteiger partial charge in [0.05, 0.1) is 13.2 Å². The van der Waals surface area contributed by atoms with E-state index in [-0.39, 0.29) is 18.4 Å². The fourth-order valence-electron chi connectivity index (χ4n) is 4.18. The molecule has 36 heavy (non-hydrogen) atoms. The normalized spacial score (nSPS) is 14.5. The Morgan fingerprint density at radius 1 is 0.972 bits per heavy atom. The fraction of sp³-hybridized carbons (Fsp3) is 0.385. The molecule has 192 valence electrons. The summed E-state index contributed by atoms with van der Waals surface area (Å²) in [6.07, 6.45) is -0.188. The Balaban J connectivity index is 1.59. The smallest absolute Gasteiger partial charge is 0.407 e. The Bertz CT molecular complexity index is 1070. The van der Waals surface area contributed by atoms with Crippen molar-refractivity contribution in [3.05, 3.63) is 59.7 Å². The molecule has 0 aliphatic heterocycles. The van der Waals surface area contributed by atoms with E-state index in [9.17, 15) is 19.2 Å². The monoisotopic (exact) mass is 497 g/mol. The highest BCUT2D eigenvalue weighted by atomic mass is 16.5. The lowest BCUT2D eigenvalue weighted by Gasteiger charge is -2.24. The molecule has 5 N–H and O–H groups in total. The number of carboxylic acid groups (broad SMARTS) is 1. The average molecular weight is 498 g/mol. The Morgan fingerprint density at radius 2 is 1.56 bits per heavy atom. The first-order valence-corrected chi connectivity index (χ1v) is 11.8. The highest BCUT2D eigenvalue weighted by Gasteiger charge is 2.31. The maximum atomic E-state index is 12.7. The number of carboxylic acids is 1. The molecule has 0 aromatic heterocycles. The second-order valence-electron chi connectivity index (χ2n) is 8.69. The number of aliphatic hydroxyl groups is 1. The first-order chi connectivity index (χ1) is 17.3. The Morgan fingerprint density at radius 3 is 2.08 bits per heavy atom. The van der Waals surface area contributed by atoms with Crippen LogP contribution in [0.5, 0.6) is 0 Å². The van der Waals surface area contributed by atoms with Gasteiger partial charge in [-0.15, -0.1) is 0 Å². The molecule has 0 heterocycles. The van der Waals surface area contributed by atoms with Crippen LogP contribution in [0, 0.1) is 5.92 Å². The summed E-state index contributed by atoms with van der Waals surface area (Å²) in [6.45, 7) is 2.43. The number of carbonyl (C=O) groups is 4. The summed E-state index contributed by atoms with van der Waals surface area (Å²) in [7, 11) is 0. The molecule has 1 aliphatic carbocycles. The average Bonchev–Trinajstić information content (AvgIpc) is 3.20. The Kier molecular flexibility index (Phi) is 9.02. The Labute approximate surface area is 209 Å². The molecule has 0 unspecified atom stereocenters. The lowest BCUT2D eigenvalue weighted by Crippen LogP contribution is -2.53. The van der Waals surface area contributed by atoms with Gasteiger partial charge in [-0.05, 0) is 28.2 Å². The van der Waals surface area contributed by atoms with E-state index in [0.29, 0.717) is 6.42 Å². The summed E-state index contributed by atoms with van der Waals surface area (Å²) in [5.41, 5.74) is 4.33. The molecule has 3 atom stereocenters. The second-order valence-corrected chi connectivity index (χ2v) is 8.69. The molecule has 1 aliphatic rings. The van der Waals surface area contributed by atoms with Gasteiger partial charge in [0.2, 0.25) is 11.8 Å². The lowest BCUT2D eigenvalue weighted by atomic mass is 9.98. The Hall–Kier alpha value is -3.92. The first-order valence-electron chi connectivity index (χ1n) is 11.8. The zero-order valence-corrected chi connectivity index (χ0v) is 20.2. The molecule has 0 saturated carbocycles. The van der Waals surface area contributed by atoms with Crippen LogP contribution in [0.4, 0.5) is 4.79 Å². The van der Waals surface area contributed by atoms with Gasteiger partial charge in [0.25, 0.3) is 0 Å². The summed E-state index contributed by atoms with van der Waals surface area (Å²) in [6, 6.07) is 13.5. The van der Waals surface area contributed by atoms with Crippen molar-refractivity contribution in [3.63, 3.8) is 0 Å². The van der Waals surface area contributed by atoms with Gasteiger partial charge in [0, 0.05) is 5.92 Å². The molecule has 2 aromatic rings. The number of carbonyl (C=O) groups excluding carboxylic acids is 3. The van der Waals surface area contributed by atoms with Crippen LogP contribution in [-0.4, -0.2) is 65.9 Å². The molecule has 0 saturated heterocycles. The van der Waals surface area contributed by atoms with Crippen molar-refractivity contribution in [1.82, 2.24) is 16.0 Å². The number of hydrogen-bond donors (Lipinski definition) is 5. The van der Waals surface area contributed by atoms with Crippen molar-refractivity contribution in [3.8, 4) is 11.1 Å². The molecular weight excluding hydrogens is 466 g/mol. The van der Waals surface area contributed by atoms with Crippen LogP contribution >= 0.6 is 0 Å². The summed E-state index contributed by atoms with van der Waals surface area (Å²) in [4.78, 5) is 48.3. The predicted molar refractivity (Wildman–Crippen MR) is 131 cm³/mol. The molecule has 0 bridgehead atoms. The van der Waals surface area contributed by atoms with Crippen LogP contribution in [-0.2, 0) is 19.1 Å².